The molecule has 0 spiro atoms. The Balaban J connectivity index is 1.62. The number of nitrogens with one attached hydrogen (secondary N) is 1. The van der Waals surface area contributed by atoms with E-state index >= 15 is 0 Å². The first-order valence-electron chi connectivity index (χ1n) is 13.0. The van der Waals surface area contributed by atoms with E-state index in [0.29, 0.717) is 21.2 Å². The maximum atomic E-state index is 12.9. The van der Waals surface area contributed by atoms with Crippen LogP contribution in [0.3, 0.4) is 0 Å². The molecule has 1 unspecified atom stereocenters. The van der Waals surface area contributed by atoms with Crippen molar-refractivity contribution in [3.8, 4) is 22.5 Å². The summed E-state index contributed by atoms with van der Waals surface area (Å²) in [5, 5.41) is 5.60. The van der Waals surface area contributed by atoms with E-state index in [2.05, 4.69) is 73.9 Å². The first-order valence-corrected chi connectivity index (χ1v) is 15.0. The van der Waals surface area contributed by atoms with Crippen LogP contribution in [0.25, 0.3) is 33.4 Å². The summed E-state index contributed by atoms with van der Waals surface area (Å²) in [6.45, 7) is 5.18. The molecule has 0 saturated heterocycles. The van der Waals surface area contributed by atoms with Gasteiger partial charge in [-0.25, -0.2) is 0 Å². The van der Waals surface area contributed by atoms with Crippen molar-refractivity contribution in [2.45, 2.75) is 38.3 Å². The molecule has 2 aliphatic rings. The summed E-state index contributed by atoms with van der Waals surface area (Å²) in [6.07, 6.45) is -3.44. The van der Waals surface area contributed by atoms with Crippen molar-refractivity contribution >= 4 is 32.5 Å². The number of alkyl halides is 3. The summed E-state index contributed by atoms with van der Waals surface area (Å²) in [5.41, 5.74) is 7.49. The van der Waals surface area contributed by atoms with Gasteiger partial charge in [0.1, 0.15) is 0 Å². The first-order chi connectivity index (χ1) is 19.1. The van der Waals surface area contributed by atoms with Gasteiger partial charge in [0.2, 0.25) is 0 Å². The first kappa shape index (κ1) is 28.4. The minimum atomic E-state index is -4.32. The summed E-state index contributed by atoms with van der Waals surface area (Å²) in [7, 11) is 0.0000755. The number of anilines is 1. The number of hydrogen-bond donors (Lipinski definition) is 1. The van der Waals surface area contributed by atoms with Crippen LogP contribution in [0.1, 0.15) is 23.6 Å². The van der Waals surface area contributed by atoms with Crippen molar-refractivity contribution in [1.82, 2.24) is 0 Å². The minimum Gasteiger partial charge on any atom is -0.0582 e. The Hall–Kier alpha value is -3.15. The molecule has 210 valence electrons. The number of benzene rings is 4. The zero-order valence-electron chi connectivity index (χ0n) is 22.5. The molecule has 0 saturated carbocycles. The van der Waals surface area contributed by atoms with Gasteiger partial charge in [0, 0.05) is 0 Å². The Labute approximate surface area is 242 Å². The molecule has 3 aromatic rings. The quantitative estimate of drug-likeness (QED) is 0.114. The van der Waals surface area contributed by atoms with Crippen molar-refractivity contribution in [2.75, 3.05) is 17.6 Å². The van der Waals surface area contributed by atoms with E-state index in [0.717, 1.165) is 39.8 Å². The minimum absolute atomic E-state index is 0.0000755. The molecule has 0 radical (unpaired) electrons. The Morgan fingerprint density at radius 1 is 0.875 bits per heavy atom. The van der Waals surface area contributed by atoms with Crippen LogP contribution in [0.15, 0.2) is 88.2 Å². The smallest absolute Gasteiger partial charge is 0.0582 e. The Morgan fingerprint density at radius 2 is 1.62 bits per heavy atom. The van der Waals surface area contributed by atoms with Gasteiger partial charge in [0.25, 0.3) is 0 Å². The molecular formula is C33H30F3NNiOS. The predicted molar refractivity (Wildman–Crippen MR) is 158 cm³/mol. The number of halogens is 3. The van der Waals surface area contributed by atoms with Gasteiger partial charge in [-0.1, -0.05) is 17.7 Å². The molecule has 7 heteroatoms. The van der Waals surface area contributed by atoms with E-state index in [-0.39, 0.29) is 10.5 Å². The van der Waals surface area contributed by atoms with Gasteiger partial charge >= 0.3 is 219 Å². The maximum absolute atomic E-state index is 12.9. The molecule has 0 amide bonds. The van der Waals surface area contributed by atoms with E-state index in [1.807, 2.05) is 24.3 Å². The van der Waals surface area contributed by atoms with Crippen LogP contribution in [-0.2, 0) is 21.5 Å². The van der Waals surface area contributed by atoms with Gasteiger partial charge < -0.3 is 0 Å². The average molecular weight is 604 g/mol. The molecule has 1 aliphatic carbocycles. The molecule has 1 N–H and O–H groups in total. The van der Waals surface area contributed by atoms with E-state index < -0.39 is 12.7 Å². The normalized spacial score (nSPS) is 12.8. The molecule has 1 aliphatic heterocycles. The van der Waals surface area contributed by atoms with E-state index in [9.17, 15) is 13.2 Å². The number of hydrogen-bond acceptors (Lipinski definition) is 2. The topological polar surface area (TPSA) is 25.2 Å². The predicted octanol–water partition coefficient (Wildman–Crippen LogP) is 9.57. The average Bonchev–Trinajstić information content (AvgIpc) is 2.92. The second-order valence-electron chi connectivity index (χ2n) is 9.85. The van der Waals surface area contributed by atoms with Gasteiger partial charge in [0.05, 0.1) is 0 Å². The van der Waals surface area contributed by atoms with Crippen molar-refractivity contribution in [3.05, 3.63) is 99.7 Å². The number of rotatable bonds is 7. The second kappa shape index (κ2) is 11.8. The second-order valence-corrected chi connectivity index (χ2v) is 12.6. The summed E-state index contributed by atoms with van der Waals surface area (Å²) in [4.78, 5) is 1.33. The standard InChI is InChI=1S/C33H30F3NOS.Ni/c1-4-39(26-14-10-22(2)11-15-26)18-17-24-12-9-23(3)19-29(24)32-27-7-5-6-8-30(27)38-31-20-25(13-16-28(31)32)37-21-33(34,35)36;/h4-5,7-16,19-20,37H,17-18,21H2,1-3H3;. The summed E-state index contributed by atoms with van der Waals surface area (Å²) in [6, 6.07) is 26.2. The van der Waals surface area contributed by atoms with Crippen LogP contribution in [0.2, 0.25) is 0 Å². The van der Waals surface area contributed by atoms with E-state index in [1.165, 1.54) is 16.0 Å². The zero-order chi connectivity index (χ0) is 28.4. The molecule has 0 fully saturated rings. The summed E-state index contributed by atoms with van der Waals surface area (Å²) < 4.78 is 45.5. The van der Waals surface area contributed by atoms with Crippen LogP contribution < -0.4 is 5.32 Å². The third-order valence-electron chi connectivity index (χ3n) is 6.89. The van der Waals surface area contributed by atoms with Crippen LogP contribution >= 0.6 is 10.5 Å². The molecule has 3 aromatic carbocycles. The molecule has 1 heterocycles. The van der Waals surface area contributed by atoms with Crippen molar-refractivity contribution in [2.24, 2.45) is 0 Å². The summed E-state index contributed by atoms with van der Waals surface area (Å²) in [5.74, 6) is 1.60. The Kier molecular flexibility index (Phi) is 8.35. The number of fused-ring (bicyclic) bond motifs is 2. The van der Waals surface area contributed by atoms with Gasteiger partial charge in [-0.3, -0.25) is 0 Å². The third-order valence-corrected chi connectivity index (χ3v) is 9.29. The van der Waals surface area contributed by atoms with Gasteiger partial charge in [-0.2, -0.15) is 0 Å². The van der Waals surface area contributed by atoms with Crippen molar-refractivity contribution < 1.29 is 32.6 Å². The fraction of sp³-hybridized carbons (Fsp3) is 0.212. The molecule has 40 heavy (non-hydrogen) atoms. The molecule has 0 bridgehead atoms. The molecular weight excluding hydrogens is 574 g/mol. The zero-order valence-corrected chi connectivity index (χ0v) is 24.3. The van der Waals surface area contributed by atoms with Crippen LogP contribution in [-0.4, -0.2) is 23.8 Å². The summed E-state index contributed by atoms with van der Waals surface area (Å²) >= 11 is 5.07. The van der Waals surface area contributed by atoms with Gasteiger partial charge in [-0.05, 0) is 6.92 Å². The van der Waals surface area contributed by atoms with Gasteiger partial charge in [0.15, 0.2) is 0 Å². The van der Waals surface area contributed by atoms with Crippen LogP contribution in [0.4, 0.5) is 18.9 Å². The Bertz CT molecular complexity index is 1740. The van der Waals surface area contributed by atoms with Gasteiger partial charge in [-0.15, -0.1) is 0 Å². The SMILES string of the molecule is C/C=S(\CCc1ccc(C)cc1-c1c2cc[c](=[Ni])cc-2oc2cc(NCC(F)(F)F)ccc12)c1ccc(C)cc1. The van der Waals surface area contributed by atoms with Crippen molar-refractivity contribution in [1.29, 1.82) is 0 Å². The fourth-order valence-electron chi connectivity index (χ4n) is 4.90. The van der Waals surface area contributed by atoms with Crippen LogP contribution in [0, 0.1) is 18.0 Å². The monoisotopic (exact) mass is 603 g/mol. The number of aryl methyl sites for hydroxylation is 3. The Morgan fingerprint density at radius 3 is 2.35 bits per heavy atom. The van der Waals surface area contributed by atoms with E-state index in [1.54, 1.807) is 12.1 Å². The molecule has 1 atom stereocenters. The van der Waals surface area contributed by atoms with E-state index in [4.69, 9.17) is 19.4 Å². The molecule has 2 nitrogen and oxygen atoms in total. The third kappa shape index (κ3) is 6.42. The fourth-order valence-corrected chi connectivity index (χ4v) is 6.78. The van der Waals surface area contributed by atoms with Crippen molar-refractivity contribution in [3.63, 3.8) is 0 Å². The van der Waals surface area contributed by atoms with Crippen LogP contribution in [0.5, 0.6) is 0 Å². The molecule has 5 rings (SSSR count). The molecule has 0 aromatic heterocycles.